The van der Waals surface area contributed by atoms with E-state index in [9.17, 15) is 13.2 Å². The second-order valence-electron chi connectivity index (χ2n) is 5.09. The van der Waals surface area contributed by atoms with Gasteiger partial charge in [0.25, 0.3) is 0 Å². The molecule has 1 unspecified atom stereocenters. The molecule has 0 fully saturated rings. The van der Waals surface area contributed by atoms with Gasteiger partial charge in [0.15, 0.2) is 0 Å². The highest BCUT2D eigenvalue weighted by Gasteiger charge is 2.20. The minimum absolute atomic E-state index is 0.0368. The molecule has 0 radical (unpaired) electrons. The average Bonchev–Trinajstić information content (AvgIpc) is 2.35. The first-order chi connectivity index (χ1) is 9.70. The summed E-state index contributed by atoms with van der Waals surface area (Å²) < 4.78 is 28.0. The van der Waals surface area contributed by atoms with Gasteiger partial charge in [-0.3, -0.25) is 0 Å². The van der Waals surface area contributed by atoms with Crippen LogP contribution < -0.4 is 4.72 Å². The maximum atomic E-state index is 12.3. The van der Waals surface area contributed by atoms with E-state index in [0.29, 0.717) is 23.7 Å². The number of aryl methyl sites for hydroxylation is 1. The normalized spacial score (nSPS) is 12.9. The molecule has 1 aromatic rings. The van der Waals surface area contributed by atoms with Crippen molar-refractivity contribution in [3.8, 4) is 0 Å². The second-order valence-corrected chi connectivity index (χ2v) is 7.93. The zero-order valence-corrected chi connectivity index (χ0v) is 14.6. The van der Waals surface area contributed by atoms with Crippen molar-refractivity contribution in [1.82, 2.24) is 4.72 Å². The van der Waals surface area contributed by atoms with Gasteiger partial charge in [0.1, 0.15) is 5.78 Å². The third-order valence-electron chi connectivity index (χ3n) is 2.97. The maximum Gasteiger partial charge on any atom is 0.240 e. The van der Waals surface area contributed by atoms with Crippen LogP contribution in [0.15, 0.2) is 40.2 Å². The van der Waals surface area contributed by atoms with Crippen LogP contribution in [-0.2, 0) is 14.8 Å². The highest BCUT2D eigenvalue weighted by Crippen LogP contribution is 2.17. The number of carbonyl (C=O) groups is 1. The van der Waals surface area contributed by atoms with E-state index >= 15 is 0 Å². The molecule has 0 spiro atoms. The summed E-state index contributed by atoms with van der Waals surface area (Å²) in [7, 11) is -3.59. The van der Waals surface area contributed by atoms with Crippen LogP contribution in [0.25, 0.3) is 0 Å². The number of benzene rings is 1. The van der Waals surface area contributed by atoms with Gasteiger partial charge in [-0.25, -0.2) is 13.1 Å². The Balaban J connectivity index is 2.86. The number of Topliss-reactive ketones (excluding diaryl/α,β-unsaturated/α-hetero) is 1. The number of sulfonamides is 1. The lowest BCUT2D eigenvalue weighted by molar-refractivity contribution is -0.117. The molecule has 1 atom stereocenters. The van der Waals surface area contributed by atoms with Crippen LogP contribution in [0.5, 0.6) is 0 Å². The second kappa shape index (κ2) is 7.87. The number of hydrogen-bond acceptors (Lipinski definition) is 3. The molecular formula is C15H20BrNO3S. The van der Waals surface area contributed by atoms with E-state index in [4.69, 9.17) is 0 Å². The van der Waals surface area contributed by atoms with Gasteiger partial charge >= 0.3 is 0 Å². The van der Waals surface area contributed by atoms with Crippen molar-refractivity contribution in [1.29, 1.82) is 0 Å². The fourth-order valence-corrected chi connectivity index (χ4v) is 3.51. The van der Waals surface area contributed by atoms with Crippen LogP contribution in [0, 0.1) is 6.92 Å². The van der Waals surface area contributed by atoms with Crippen molar-refractivity contribution in [2.45, 2.75) is 44.0 Å². The van der Waals surface area contributed by atoms with E-state index in [0.717, 1.165) is 5.56 Å². The third-order valence-corrected chi connectivity index (χ3v) is 4.83. The zero-order chi connectivity index (χ0) is 16.0. The lowest BCUT2D eigenvalue weighted by Crippen LogP contribution is -2.35. The topological polar surface area (TPSA) is 63.2 Å². The number of carbonyl (C=O) groups excluding carboxylic acids is 1. The van der Waals surface area contributed by atoms with Gasteiger partial charge in [-0.1, -0.05) is 40.2 Å². The molecule has 4 nitrogen and oxygen atoms in total. The van der Waals surface area contributed by atoms with Crippen LogP contribution in [0.3, 0.4) is 0 Å². The minimum atomic E-state index is -3.59. The quantitative estimate of drug-likeness (QED) is 0.759. The first kappa shape index (κ1) is 18.1. The molecule has 0 saturated heterocycles. The third kappa shape index (κ3) is 6.54. The molecule has 21 heavy (non-hydrogen) atoms. The molecule has 0 heterocycles. The molecule has 6 heteroatoms. The van der Waals surface area contributed by atoms with E-state index in [1.165, 1.54) is 6.92 Å². The first-order valence-electron chi connectivity index (χ1n) is 6.62. The molecule has 0 aliphatic carbocycles. The molecular weight excluding hydrogens is 354 g/mol. The molecule has 0 aromatic heterocycles. The largest absolute Gasteiger partial charge is 0.300 e. The monoisotopic (exact) mass is 373 g/mol. The van der Waals surface area contributed by atoms with Crippen LogP contribution in [0.1, 0.15) is 31.7 Å². The highest BCUT2D eigenvalue weighted by molar-refractivity contribution is 9.11. The predicted molar refractivity (Wildman–Crippen MR) is 87.9 cm³/mol. The molecule has 1 aromatic carbocycles. The summed E-state index contributed by atoms with van der Waals surface area (Å²) in [5.74, 6) is 0.0368. The standard InChI is InChI=1S/C15H20BrNO3S/c1-11-4-8-15(9-5-11)21(19,20)17-14(10-12(2)16)7-6-13(3)18/h4-5,8-9,14,17H,2,6-7,10H2,1,3H3. The zero-order valence-electron chi connectivity index (χ0n) is 12.2. The first-order valence-corrected chi connectivity index (χ1v) is 8.90. The fraction of sp³-hybridized carbons (Fsp3) is 0.400. The number of hydrogen-bond donors (Lipinski definition) is 1. The predicted octanol–water partition coefficient (Wildman–Crippen LogP) is 3.31. The molecule has 0 bridgehead atoms. The van der Waals surface area contributed by atoms with Crippen molar-refractivity contribution in [3.05, 3.63) is 40.9 Å². The van der Waals surface area contributed by atoms with Crippen LogP contribution >= 0.6 is 15.9 Å². The Kier molecular flexibility index (Phi) is 6.77. The molecule has 0 aliphatic rings. The van der Waals surface area contributed by atoms with Gasteiger partial charge in [-0.15, -0.1) is 0 Å². The fourth-order valence-electron chi connectivity index (χ4n) is 1.85. The Morgan fingerprint density at radius 3 is 2.38 bits per heavy atom. The number of nitrogens with one attached hydrogen (secondary N) is 1. The molecule has 1 rings (SSSR count). The lowest BCUT2D eigenvalue weighted by Gasteiger charge is -2.18. The Labute approximate surface area is 134 Å². The van der Waals surface area contributed by atoms with Crippen LogP contribution in [0.2, 0.25) is 0 Å². The van der Waals surface area contributed by atoms with Crippen molar-refractivity contribution in [2.24, 2.45) is 0 Å². The number of rotatable bonds is 8. The van der Waals surface area contributed by atoms with E-state index in [-0.39, 0.29) is 16.7 Å². The van der Waals surface area contributed by atoms with E-state index in [1.54, 1.807) is 24.3 Å². The summed E-state index contributed by atoms with van der Waals surface area (Å²) in [6.07, 6.45) is 1.23. The summed E-state index contributed by atoms with van der Waals surface area (Å²) in [4.78, 5) is 11.3. The Morgan fingerprint density at radius 2 is 1.90 bits per heavy atom. The highest BCUT2D eigenvalue weighted by atomic mass is 79.9. The van der Waals surface area contributed by atoms with E-state index in [1.807, 2.05) is 6.92 Å². The number of ketones is 1. The summed E-state index contributed by atoms with van der Waals surface area (Å²) in [6, 6.07) is 6.29. The van der Waals surface area contributed by atoms with Crippen molar-refractivity contribution in [2.75, 3.05) is 0 Å². The molecule has 116 valence electrons. The summed E-state index contributed by atoms with van der Waals surface area (Å²) in [5.41, 5.74) is 0.996. The Hall–Kier alpha value is -0.980. The van der Waals surface area contributed by atoms with Crippen molar-refractivity contribution < 1.29 is 13.2 Å². The van der Waals surface area contributed by atoms with Gasteiger partial charge in [0.05, 0.1) is 4.90 Å². The summed E-state index contributed by atoms with van der Waals surface area (Å²) >= 11 is 3.24. The Morgan fingerprint density at radius 1 is 1.33 bits per heavy atom. The van der Waals surface area contributed by atoms with Crippen molar-refractivity contribution in [3.63, 3.8) is 0 Å². The lowest BCUT2D eigenvalue weighted by atomic mass is 10.1. The van der Waals surface area contributed by atoms with E-state index in [2.05, 4.69) is 27.2 Å². The van der Waals surface area contributed by atoms with Gasteiger partial charge < -0.3 is 4.79 Å². The smallest absolute Gasteiger partial charge is 0.240 e. The molecule has 1 N–H and O–H groups in total. The van der Waals surface area contributed by atoms with Gasteiger partial charge in [0.2, 0.25) is 10.0 Å². The van der Waals surface area contributed by atoms with Crippen LogP contribution in [-0.4, -0.2) is 20.2 Å². The summed E-state index contributed by atoms with van der Waals surface area (Å²) in [5, 5.41) is 0. The minimum Gasteiger partial charge on any atom is -0.300 e. The average molecular weight is 374 g/mol. The Bertz CT molecular complexity index is 608. The molecule has 0 amide bonds. The molecule has 0 saturated carbocycles. The van der Waals surface area contributed by atoms with Gasteiger partial charge in [-0.05, 0) is 43.3 Å². The van der Waals surface area contributed by atoms with E-state index < -0.39 is 10.0 Å². The molecule has 0 aliphatic heterocycles. The van der Waals surface area contributed by atoms with Crippen molar-refractivity contribution >= 4 is 31.7 Å². The van der Waals surface area contributed by atoms with Gasteiger partial charge in [-0.2, -0.15) is 0 Å². The van der Waals surface area contributed by atoms with Crippen LogP contribution in [0.4, 0.5) is 0 Å². The maximum absolute atomic E-state index is 12.3. The van der Waals surface area contributed by atoms with Gasteiger partial charge in [0, 0.05) is 12.5 Å². The summed E-state index contributed by atoms with van der Waals surface area (Å²) in [6.45, 7) is 7.12. The number of halogens is 1. The SMILES string of the molecule is C=C(Br)CC(CCC(C)=O)NS(=O)(=O)c1ccc(C)cc1.